The molecule has 5 heteroatoms. The van der Waals surface area contributed by atoms with E-state index in [0.29, 0.717) is 18.7 Å². The Hall–Kier alpha value is -1.99. The number of carbonyl (C=O) groups is 2. The average Bonchev–Trinajstić information content (AvgIpc) is 2.80. The summed E-state index contributed by atoms with van der Waals surface area (Å²) < 4.78 is 4.64. The van der Waals surface area contributed by atoms with Crippen molar-refractivity contribution in [2.24, 2.45) is 5.92 Å². The van der Waals surface area contributed by atoms with Crippen LogP contribution >= 0.6 is 11.6 Å². The molecule has 98 valence electrons. The molecule has 1 aromatic rings. The molecule has 19 heavy (non-hydrogen) atoms. The van der Waals surface area contributed by atoms with Crippen LogP contribution in [0.3, 0.4) is 0 Å². The lowest BCUT2D eigenvalue weighted by Crippen LogP contribution is -2.24. The third-order valence-electron chi connectivity index (χ3n) is 3.03. The van der Waals surface area contributed by atoms with Gasteiger partial charge in [-0.25, -0.2) is 4.79 Å². The van der Waals surface area contributed by atoms with Crippen LogP contribution in [0.15, 0.2) is 18.2 Å². The Morgan fingerprint density at radius 2 is 2.32 bits per heavy atom. The maximum absolute atomic E-state index is 11.9. The van der Waals surface area contributed by atoms with Gasteiger partial charge in [0.15, 0.2) is 0 Å². The van der Waals surface area contributed by atoms with Crippen molar-refractivity contribution in [2.75, 3.05) is 18.6 Å². The van der Waals surface area contributed by atoms with Crippen LogP contribution in [-0.2, 0) is 9.53 Å². The van der Waals surface area contributed by atoms with Gasteiger partial charge in [-0.1, -0.05) is 11.6 Å². The molecule has 1 heterocycles. The topological polar surface area (TPSA) is 46.6 Å². The Bertz CT molecular complexity index is 577. The lowest BCUT2D eigenvalue weighted by atomic mass is 10.1. The Morgan fingerprint density at radius 1 is 1.58 bits per heavy atom. The van der Waals surface area contributed by atoms with Gasteiger partial charge in [0.2, 0.25) is 5.91 Å². The molecule has 1 saturated heterocycles. The van der Waals surface area contributed by atoms with Crippen molar-refractivity contribution in [1.82, 2.24) is 0 Å². The Balaban J connectivity index is 2.34. The van der Waals surface area contributed by atoms with Crippen LogP contribution < -0.4 is 4.90 Å². The van der Waals surface area contributed by atoms with Crippen molar-refractivity contribution in [3.63, 3.8) is 0 Å². The van der Waals surface area contributed by atoms with Crippen molar-refractivity contribution >= 4 is 29.2 Å². The van der Waals surface area contributed by atoms with Crippen LogP contribution in [0.2, 0.25) is 5.02 Å². The number of terminal acetylenes is 1. The summed E-state index contributed by atoms with van der Waals surface area (Å²) >= 11 is 5.93. The molecule has 0 saturated carbocycles. The van der Waals surface area contributed by atoms with Crippen LogP contribution in [0.4, 0.5) is 5.69 Å². The van der Waals surface area contributed by atoms with E-state index in [1.807, 2.05) is 0 Å². The monoisotopic (exact) mass is 277 g/mol. The number of amides is 1. The fourth-order valence-electron chi connectivity index (χ4n) is 2.02. The summed E-state index contributed by atoms with van der Waals surface area (Å²) in [6.45, 7) is 0.456. The highest BCUT2D eigenvalue weighted by molar-refractivity contribution is 6.33. The highest BCUT2D eigenvalue weighted by atomic mass is 35.5. The maximum Gasteiger partial charge on any atom is 0.339 e. The highest BCUT2D eigenvalue weighted by Gasteiger charge is 2.30. The van der Waals surface area contributed by atoms with Crippen LogP contribution in [0.1, 0.15) is 16.8 Å². The minimum absolute atomic E-state index is 0.0545. The number of ether oxygens (including phenoxy) is 1. The standard InChI is InChI=1S/C14H12ClNO3/c1-3-9-6-13(17)16(8-9)10-4-5-12(15)11(7-10)14(18)19-2/h1,4-5,7,9H,6,8H2,2H3. The third kappa shape index (κ3) is 2.56. The number of methoxy groups -OCH3 is 1. The van der Waals surface area contributed by atoms with Crippen LogP contribution in [0, 0.1) is 18.3 Å². The molecule has 1 aliphatic rings. The lowest BCUT2D eigenvalue weighted by Gasteiger charge is -2.17. The van der Waals surface area contributed by atoms with Gasteiger partial charge in [0.05, 0.1) is 17.7 Å². The molecular formula is C14H12ClNO3. The van der Waals surface area contributed by atoms with Gasteiger partial charge in [0, 0.05) is 24.6 Å². The van der Waals surface area contributed by atoms with E-state index in [2.05, 4.69) is 10.7 Å². The van der Waals surface area contributed by atoms with Crippen molar-refractivity contribution < 1.29 is 14.3 Å². The quantitative estimate of drug-likeness (QED) is 0.614. The molecule has 0 bridgehead atoms. The number of esters is 1. The number of benzene rings is 1. The Morgan fingerprint density at radius 3 is 2.89 bits per heavy atom. The number of hydrogen-bond donors (Lipinski definition) is 0. The molecule has 1 aliphatic heterocycles. The first-order chi connectivity index (χ1) is 9.06. The van der Waals surface area contributed by atoms with Gasteiger partial charge in [-0.2, -0.15) is 0 Å². The zero-order valence-corrected chi connectivity index (χ0v) is 11.1. The molecule has 0 N–H and O–H groups in total. The maximum atomic E-state index is 11.9. The third-order valence-corrected chi connectivity index (χ3v) is 3.36. The van der Waals surface area contributed by atoms with Gasteiger partial charge < -0.3 is 9.64 Å². The number of rotatable bonds is 2. The SMILES string of the molecule is C#CC1CC(=O)N(c2ccc(Cl)c(C(=O)OC)c2)C1. The summed E-state index contributed by atoms with van der Waals surface area (Å²) in [5, 5.41) is 0.288. The predicted octanol–water partition coefficient (Wildman–Crippen LogP) is 2.11. The van der Waals surface area contributed by atoms with E-state index in [-0.39, 0.29) is 22.4 Å². The summed E-state index contributed by atoms with van der Waals surface area (Å²) in [4.78, 5) is 25.0. The molecular weight excluding hydrogens is 266 g/mol. The van der Waals surface area contributed by atoms with Gasteiger partial charge in [-0.3, -0.25) is 4.79 Å². The van der Waals surface area contributed by atoms with Crippen LogP contribution in [0.25, 0.3) is 0 Å². The summed E-state index contributed by atoms with van der Waals surface area (Å²) in [7, 11) is 1.28. The van der Waals surface area contributed by atoms with E-state index in [0.717, 1.165) is 0 Å². The summed E-state index contributed by atoms with van der Waals surface area (Å²) in [6.07, 6.45) is 5.66. The fraction of sp³-hybridized carbons (Fsp3) is 0.286. The lowest BCUT2D eigenvalue weighted by molar-refractivity contribution is -0.117. The van der Waals surface area contributed by atoms with E-state index >= 15 is 0 Å². The second-order valence-electron chi connectivity index (χ2n) is 4.23. The summed E-state index contributed by atoms with van der Waals surface area (Å²) in [5.41, 5.74) is 0.839. The summed E-state index contributed by atoms with van der Waals surface area (Å²) in [5.74, 6) is 1.89. The van der Waals surface area contributed by atoms with Gasteiger partial charge >= 0.3 is 5.97 Å². The number of anilines is 1. The molecule has 1 atom stereocenters. The minimum Gasteiger partial charge on any atom is -0.465 e. The molecule has 1 unspecified atom stereocenters. The average molecular weight is 278 g/mol. The van der Waals surface area contributed by atoms with Gasteiger partial charge in [-0.05, 0) is 18.2 Å². The molecule has 2 rings (SSSR count). The van der Waals surface area contributed by atoms with E-state index in [1.54, 1.807) is 23.1 Å². The van der Waals surface area contributed by atoms with E-state index in [1.165, 1.54) is 7.11 Å². The van der Waals surface area contributed by atoms with Crippen LogP contribution in [0.5, 0.6) is 0 Å². The molecule has 4 nitrogen and oxygen atoms in total. The van der Waals surface area contributed by atoms with E-state index in [9.17, 15) is 9.59 Å². The van der Waals surface area contributed by atoms with Crippen molar-refractivity contribution in [2.45, 2.75) is 6.42 Å². The molecule has 1 fully saturated rings. The number of halogens is 1. The minimum atomic E-state index is -0.535. The zero-order valence-electron chi connectivity index (χ0n) is 10.4. The zero-order chi connectivity index (χ0) is 14.0. The van der Waals surface area contributed by atoms with Gasteiger partial charge in [-0.15, -0.1) is 12.3 Å². The molecule has 0 aliphatic carbocycles. The van der Waals surface area contributed by atoms with Crippen molar-refractivity contribution in [3.05, 3.63) is 28.8 Å². The molecule has 1 aromatic carbocycles. The Kier molecular flexibility index (Phi) is 3.77. The number of carbonyl (C=O) groups excluding carboxylic acids is 2. The Labute approximate surface area is 116 Å². The predicted molar refractivity (Wildman–Crippen MR) is 72.1 cm³/mol. The first-order valence-electron chi connectivity index (χ1n) is 5.71. The second kappa shape index (κ2) is 5.33. The number of hydrogen-bond acceptors (Lipinski definition) is 3. The first-order valence-corrected chi connectivity index (χ1v) is 6.09. The van der Waals surface area contributed by atoms with E-state index < -0.39 is 5.97 Å². The fourth-order valence-corrected chi connectivity index (χ4v) is 2.21. The second-order valence-corrected chi connectivity index (χ2v) is 4.63. The first kappa shape index (κ1) is 13.4. The largest absolute Gasteiger partial charge is 0.465 e. The molecule has 0 radical (unpaired) electrons. The molecule has 0 aromatic heterocycles. The number of nitrogens with zero attached hydrogens (tertiary/aromatic N) is 1. The van der Waals surface area contributed by atoms with E-state index in [4.69, 9.17) is 18.0 Å². The smallest absolute Gasteiger partial charge is 0.339 e. The van der Waals surface area contributed by atoms with Crippen molar-refractivity contribution in [3.8, 4) is 12.3 Å². The normalized spacial score (nSPS) is 18.3. The molecule has 0 spiro atoms. The summed E-state index contributed by atoms with van der Waals surface area (Å²) in [6, 6.07) is 4.80. The van der Waals surface area contributed by atoms with Crippen molar-refractivity contribution in [1.29, 1.82) is 0 Å². The molecule has 1 amide bonds. The van der Waals surface area contributed by atoms with Crippen LogP contribution in [-0.4, -0.2) is 25.5 Å². The highest BCUT2D eigenvalue weighted by Crippen LogP contribution is 2.28. The van der Waals surface area contributed by atoms with Gasteiger partial charge in [0.1, 0.15) is 0 Å². The van der Waals surface area contributed by atoms with Gasteiger partial charge in [0.25, 0.3) is 0 Å².